The minimum Gasteiger partial charge on any atom is -0.424 e. The number of carbonyl (C=O) groups excluding carboxylic acids is 1. The first-order chi connectivity index (χ1) is 8.63. The molecule has 0 aliphatic rings. The molecule has 4 nitrogen and oxygen atoms in total. The van der Waals surface area contributed by atoms with Crippen LogP contribution in [0, 0.1) is 0 Å². The van der Waals surface area contributed by atoms with Gasteiger partial charge in [0.05, 0.1) is 5.69 Å². The molecule has 0 radical (unpaired) electrons. The summed E-state index contributed by atoms with van der Waals surface area (Å²) in [6.45, 7) is 2.16. The Bertz CT molecular complexity index is 391. The van der Waals surface area contributed by atoms with E-state index in [9.17, 15) is 4.79 Å². The number of benzene rings is 1. The zero-order chi connectivity index (χ0) is 13.4. The first kappa shape index (κ1) is 14.4. The van der Waals surface area contributed by atoms with Gasteiger partial charge in [-0.05, 0) is 24.6 Å². The van der Waals surface area contributed by atoms with Gasteiger partial charge < -0.3 is 16.2 Å². The smallest absolute Gasteiger partial charge is 0.311 e. The zero-order valence-corrected chi connectivity index (χ0v) is 10.9. The molecule has 100 valence electrons. The average Bonchev–Trinajstić information content (AvgIpc) is 2.32. The predicted molar refractivity (Wildman–Crippen MR) is 74.3 cm³/mol. The first-order valence-corrected chi connectivity index (χ1v) is 6.49. The van der Waals surface area contributed by atoms with Crippen molar-refractivity contribution in [3.63, 3.8) is 0 Å². The molecular formula is C14H22N2O2. The summed E-state index contributed by atoms with van der Waals surface area (Å²) < 4.78 is 5.19. The molecule has 4 N–H and O–H groups in total. The normalized spacial score (nSPS) is 10.3. The SMILES string of the molecule is CCCCCCCC(=O)Oc1ccc(N)cc1N. The Morgan fingerprint density at radius 1 is 1.17 bits per heavy atom. The lowest BCUT2D eigenvalue weighted by atomic mass is 10.1. The molecule has 1 rings (SSSR count). The van der Waals surface area contributed by atoms with E-state index < -0.39 is 0 Å². The molecule has 0 amide bonds. The van der Waals surface area contributed by atoms with Crippen LogP contribution in [-0.4, -0.2) is 5.97 Å². The van der Waals surface area contributed by atoms with Gasteiger partial charge in [-0.15, -0.1) is 0 Å². The van der Waals surface area contributed by atoms with Gasteiger partial charge in [0.2, 0.25) is 0 Å². The number of nitrogen functional groups attached to an aromatic ring is 2. The number of hydrogen-bond donors (Lipinski definition) is 2. The van der Waals surface area contributed by atoms with Crippen LogP contribution in [0.4, 0.5) is 11.4 Å². The van der Waals surface area contributed by atoms with Gasteiger partial charge >= 0.3 is 5.97 Å². The maximum absolute atomic E-state index is 11.6. The second kappa shape index (κ2) is 7.58. The fraction of sp³-hybridized carbons (Fsp3) is 0.500. The minimum absolute atomic E-state index is 0.233. The molecule has 0 unspecified atom stereocenters. The van der Waals surface area contributed by atoms with E-state index in [1.54, 1.807) is 18.2 Å². The third-order valence-electron chi connectivity index (χ3n) is 2.74. The highest BCUT2D eigenvalue weighted by atomic mass is 16.5. The molecule has 1 aromatic carbocycles. The van der Waals surface area contributed by atoms with E-state index >= 15 is 0 Å². The van der Waals surface area contributed by atoms with E-state index in [0.717, 1.165) is 12.8 Å². The van der Waals surface area contributed by atoms with E-state index in [1.165, 1.54) is 19.3 Å². The maximum Gasteiger partial charge on any atom is 0.311 e. The van der Waals surface area contributed by atoms with E-state index in [2.05, 4.69) is 6.92 Å². The second-order valence-corrected chi connectivity index (χ2v) is 4.44. The molecule has 0 fully saturated rings. The Hall–Kier alpha value is -1.71. The summed E-state index contributed by atoms with van der Waals surface area (Å²) in [6.07, 6.45) is 5.97. The summed E-state index contributed by atoms with van der Waals surface area (Å²) in [6, 6.07) is 4.88. The van der Waals surface area contributed by atoms with Gasteiger partial charge in [-0.2, -0.15) is 0 Å². The number of carbonyl (C=O) groups is 1. The molecule has 0 heterocycles. The van der Waals surface area contributed by atoms with Gasteiger partial charge in [-0.25, -0.2) is 0 Å². The summed E-state index contributed by atoms with van der Waals surface area (Å²) in [5.41, 5.74) is 12.2. The van der Waals surface area contributed by atoms with Crippen LogP contribution in [0.3, 0.4) is 0 Å². The monoisotopic (exact) mass is 250 g/mol. The number of nitrogens with two attached hydrogens (primary N) is 2. The Morgan fingerprint density at radius 3 is 2.56 bits per heavy atom. The fourth-order valence-corrected chi connectivity index (χ4v) is 1.71. The minimum atomic E-state index is -0.233. The van der Waals surface area contributed by atoms with Crippen molar-refractivity contribution in [1.29, 1.82) is 0 Å². The molecule has 0 aliphatic heterocycles. The molecule has 0 aliphatic carbocycles. The molecule has 0 spiro atoms. The zero-order valence-electron chi connectivity index (χ0n) is 10.9. The Balaban J connectivity index is 2.31. The third-order valence-corrected chi connectivity index (χ3v) is 2.74. The van der Waals surface area contributed by atoms with Gasteiger partial charge in [0.25, 0.3) is 0 Å². The van der Waals surface area contributed by atoms with Crippen LogP contribution in [0.25, 0.3) is 0 Å². The Kier molecular flexibility index (Phi) is 6.05. The summed E-state index contributed by atoms with van der Waals surface area (Å²) in [4.78, 5) is 11.6. The van der Waals surface area contributed by atoms with E-state index in [4.69, 9.17) is 16.2 Å². The first-order valence-electron chi connectivity index (χ1n) is 6.49. The number of anilines is 2. The van der Waals surface area contributed by atoms with Gasteiger partial charge in [0.15, 0.2) is 5.75 Å². The highest BCUT2D eigenvalue weighted by Gasteiger charge is 2.07. The van der Waals surface area contributed by atoms with Crippen molar-refractivity contribution in [2.75, 3.05) is 11.5 Å². The molecule has 4 heteroatoms. The second-order valence-electron chi connectivity index (χ2n) is 4.44. The molecule has 0 saturated heterocycles. The maximum atomic E-state index is 11.6. The van der Waals surface area contributed by atoms with E-state index in [0.29, 0.717) is 23.5 Å². The topological polar surface area (TPSA) is 78.3 Å². The number of esters is 1. The van der Waals surface area contributed by atoms with Crippen molar-refractivity contribution in [1.82, 2.24) is 0 Å². The van der Waals surface area contributed by atoms with Crippen molar-refractivity contribution in [3.05, 3.63) is 18.2 Å². The van der Waals surface area contributed by atoms with Crippen LogP contribution in [0.15, 0.2) is 18.2 Å². The van der Waals surface area contributed by atoms with Crippen LogP contribution in [0.1, 0.15) is 45.4 Å². The number of hydrogen-bond acceptors (Lipinski definition) is 4. The van der Waals surface area contributed by atoms with Crippen molar-refractivity contribution in [2.24, 2.45) is 0 Å². The molecule has 0 bridgehead atoms. The van der Waals surface area contributed by atoms with Crippen LogP contribution in [-0.2, 0) is 4.79 Å². The van der Waals surface area contributed by atoms with Crippen molar-refractivity contribution in [2.45, 2.75) is 45.4 Å². The summed E-state index contributed by atoms with van der Waals surface area (Å²) in [5.74, 6) is 0.158. The molecule has 0 aromatic heterocycles. The predicted octanol–water partition coefficient (Wildman–Crippen LogP) is 3.12. The van der Waals surface area contributed by atoms with E-state index in [-0.39, 0.29) is 5.97 Å². The molecule has 18 heavy (non-hydrogen) atoms. The number of unbranched alkanes of at least 4 members (excludes halogenated alkanes) is 4. The molecule has 0 saturated carbocycles. The highest BCUT2D eigenvalue weighted by Crippen LogP contribution is 2.24. The van der Waals surface area contributed by atoms with Crippen molar-refractivity contribution >= 4 is 17.3 Å². The molecule has 0 atom stereocenters. The van der Waals surface area contributed by atoms with Crippen molar-refractivity contribution < 1.29 is 9.53 Å². The van der Waals surface area contributed by atoms with E-state index in [1.807, 2.05) is 0 Å². The van der Waals surface area contributed by atoms with Gasteiger partial charge in [-0.1, -0.05) is 32.6 Å². The lowest BCUT2D eigenvalue weighted by Crippen LogP contribution is -2.09. The van der Waals surface area contributed by atoms with Crippen LogP contribution < -0.4 is 16.2 Å². The van der Waals surface area contributed by atoms with Gasteiger partial charge in [0.1, 0.15) is 0 Å². The highest BCUT2D eigenvalue weighted by molar-refractivity contribution is 5.75. The Morgan fingerprint density at radius 2 is 1.89 bits per heavy atom. The lowest BCUT2D eigenvalue weighted by molar-refractivity contribution is -0.134. The van der Waals surface area contributed by atoms with Gasteiger partial charge in [-0.3, -0.25) is 4.79 Å². The number of rotatable bonds is 7. The number of ether oxygens (including phenoxy) is 1. The average molecular weight is 250 g/mol. The molecular weight excluding hydrogens is 228 g/mol. The third kappa shape index (κ3) is 5.08. The summed E-state index contributed by atoms with van der Waals surface area (Å²) in [7, 11) is 0. The van der Waals surface area contributed by atoms with Crippen LogP contribution >= 0.6 is 0 Å². The quantitative estimate of drug-likeness (QED) is 0.337. The van der Waals surface area contributed by atoms with Crippen molar-refractivity contribution in [3.8, 4) is 5.75 Å². The Labute approximate surface area is 108 Å². The largest absolute Gasteiger partial charge is 0.424 e. The standard InChI is InChI=1S/C14H22N2O2/c1-2-3-4-5-6-7-14(17)18-13-9-8-11(15)10-12(13)16/h8-10H,2-7,15-16H2,1H3. The fourth-order valence-electron chi connectivity index (χ4n) is 1.71. The molecule has 1 aromatic rings. The summed E-state index contributed by atoms with van der Waals surface area (Å²) in [5, 5.41) is 0. The van der Waals surface area contributed by atoms with Crippen LogP contribution in [0.5, 0.6) is 5.75 Å². The summed E-state index contributed by atoms with van der Waals surface area (Å²) >= 11 is 0. The van der Waals surface area contributed by atoms with Gasteiger partial charge in [0, 0.05) is 12.1 Å². The van der Waals surface area contributed by atoms with Crippen LogP contribution in [0.2, 0.25) is 0 Å². The lowest BCUT2D eigenvalue weighted by Gasteiger charge is -2.07.